The second kappa shape index (κ2) is 3.54. The van der Waals surface area contributed by atoms with E-state index in [4.69, 9.17) is 0 Å². The monoisotopic (exact) mass is 178 g/mol. The summed E-state index contributed by atoms with van der Waals surface area (Å²) >= 11 is 1.80. The molecule has 0 saturated heterocycles. The largest absolute Gasteiger partial charge is 0.349 e. The Morgan fingerprint density at radius 3 is 3.08 bits per heavy atom. The van der Waals surface area contributed by atoms with E-state index in [0.29, 0.717) is 0 Å². The van der Waals surface area contributed by atoms with Gasteiger partial charge in [-0.2, -0.15) is 0 Å². The minimum atomic E-state index is 1.01. The highest BCUT2D eigenvalue weighted by Crippen LogP contribution is 2.10. The molecule has 0 aliphatic carbocycles. The molecule has 2 heterocycles. The van der Waals surface area contributed by atoms with Crippen LogP contribution in [-0.2, 0) is 12.8 Å². The van der Waals surface area contributed by atoms with Crippen molar-refractivity contribution in [2.75, 3.05) is 0 Å². The maximum atomic E-state index is 4.16. The predicted octanol–water partition coefficient (Wildman–Crippen LogP) is 2.26. The van der Waals surface area contributed by atoms with Gasteiger partial charge in [-0.05, 0) is 17.9 Å². The fourth-order valence-corrected chi connectivity index (χ4v) is 1.84. The van der Waals surface area contributed by atoms with Gasteiger partial charge in [0.25, 0.3) is 0 Å². The number of rotatable bonds is 3. The SMILES string of the molecule is c1csc(CCc2ncc[nH]2)c1. The van der Waals surface area contributed by atoms with E-state index in [1.54, 1.807) is 17.5 Å². The summed E-state index contributed by atoms with van der Waals surface area (Å²) < 4.78 is 0. The van der Waals surface area contributed by atoms with Crippen LogP contribution in [0.4, 0.5) is 0 Å². The van der Waals surface area contributed by atoms with Gasteiger partial charge in [0, 0.05) is 23.7 Å². The highest BCUT2D eigenvalue weighted by atomic mass is 32.1. The number of H-pyrrole nitrogens is 1. The van der Waals surface area contributed by atoms with E-state index in [9.17, 15) is 0 Å². The maximum Gasteiger partial charge on any atom is 0.106 e. The Hall–Kier alpha value is -1.09. The first-order valence-corrected chi connectivity index (χ1v) is 4.84. The highest BCUT2D eigenvalue weighted by molar-refractivity contribution is 7.09. The fraction of sp³-hybridized carbons (Fsp3) is 0.222. The van der Waals surface area contributed by atoms with E-state index in [-0.39, 0.29) is 0 Å². The van der Waals surface area contributed by atoms with Crippen LogP contribution >= 0.6 is 11.3 Å². The summed E-state index contributed by atoms with van der Waals surface area (Å²) in [5.74, 6) is 1.07. The minimum Gasteiger partial charge on any atom is -0.349 e. The molecule has 62 valence electrons. The van der Waals surface area contributed by atoms with Crippen LogP contribution < -0.4 is 0 Å². The van der Waals surface area contributed by atoms with Gasteiger partial charge in [-0.15, -0.1) is 11.3 Å². The van der Waals surface area contributed by atoms with Crippen LogP contribution in [0.25, 0.3) is 0 Å². The molecular weight excluding hydrogens is 168 g/mol. The number of nitrogens with one attached hydrogen (secondary N) is 1. The van der Waals surface area contributed by atoms with Gasteiger partial charge in [0.1, 0.15) is 5.82 Å². The second-order valence-corrected chi connectivity index (χ2v) is 3.65. The van der Waals surface area contributed by atoms with E-state index in [1.807, 2.05) is 6.20 Å². The van der Waals surface area contributed by atoms with Crippen molar-refractivity contribution in [1.82, 2.24) is 9.97 Å². The number of aromatic amines is 1. The molecule has 2 nitrogen and oxygen atoms in total. The Morgan fingerprint density at radius 1 is 1.42 bits per heavy atom. The van der Waals surface area contributed by atoms with Crippen LogP contribution in [0.1, 0.15) is 10.7 Å². The van der Waals surface area contributed by atoms with E-state index in [2.05, 4.69) is 27.5 Å². The van der Waals surface area contributed by atoms with Crippen LogP contribution in [-0.4, -0.2) is 9.97 Å². The number of imidazole rings is 1. The lowest BCUT2D eigenvalue weighted by Crippen LogP contribution is -1.90. The molecule has 2 rings (SSSR count). The molecule has 0 unspecified atom stereocenters. The third kappa shape index (κ3) is 1.74. The second-order valence-electron chi connectivity index (χ2n) is 2.62. The van der Waals surface area contributed by atoms with Crippen molar-refractivity contribution >= 4 is 11.3 Å². The molecule has 3 heteroatoms. The van der Waals surface area contributed by atoms with Crippen LogP contribution in [0.2, 0.25) is 0 Å². The average molecular weight is 178 g/mol. The Kier molecular flexibility index (Phi) is 2.23. The van der Waals surface area contributed by atoms with Crippen LogP contribution in [0, 0.1) is 0 Å². The van der Waals surface area contributed by atoms with Gasteiger partial charge in [0.15, 0.2) is 0 Å². The Bertz CT molecular complexity index is 276. The number of aromatic nitrogens is 2. The molecule has 0 saturated carbocycles. The van der Waals surface area contributed by atoms with Crippen molar-refractivity contribution in [3.63, 3.8) is 0 Å². The van der Waals surface area contributed by atoms with Crippen LogP contribution in [0.3, 0.4) is 0 Å². The predicted molar refractivity (Wildman–Crippen MR) is 50.3 cm³/mol. The summed E-state index contributed by atoms with van der Waals surface area (Å²) in [7, 11) is 0. The molecular formula is C9H10N2S. The number of hydrogen-bond acceptors (Lipinski definition) is 2. The number of aryl methyl sites for hydroxylation is 2. The minimum absolute atomic E-state index is 1.01. The number of hydrogen-bond donors (Lipinski definition) is 1. The van der Waals surface area contributed by atoms with Crippen molar-refractivity contribution in [1.29, 1.82) is 0 Å². The van der Waals surface area contributed by atoms with Gasteiger partial charge in [0.2, 0.25) is 0 Å². The van der Waals surface area contributed by atoms with E-state index >= 15 is 0 Å². The molecule has 1 N–H and O–H groups in total. The molecule has 0 aliphatic heterocycles. The fourth-order valence-electron chi connectivity index (χ4n) is 1.13. The summed E-state index contributed by atoms with van der Waals surface area (Å²) in [4.78, 5) is 8.68. The number of thiophene rings is 1. The zero-order chi connectivity index (χ0) is 8.23. The lowest BCUT2D eigenvalue weighted by Gasteiger charge is -1.93. The first kappa shape index (κ1) is 7.55. The van der Waals surface area contributed by atoms with Gasteiger partial charge in [-0.1, -0.05) is 6.07 Å². The summed E-state index contributed by atoms with van der Waals surface area (Å²) in [6.45, 7) is 0. The molecule has 12 heavy (non-hydrogen) atoms. The zero-order valence-corrected chi connectivity index (χ0v) is 7.47. The molecule has 0 aliphatic rings. The smallest absolute Gasteiger partial charge is 0.106 e. The molecule has 0 bridgehead atoms. The van der Waals surface area contributed by atoms with Crippen LogP contribution in [0.15, 0.2) is 29.9 Å². The highest BCUT2D eigenvalue weighted by Gasteiger charge is 1.96. The normalized spacial score (nSPS) is 10.3. The van der Waals surface area contributed by atoms with Gasteiger partial charge in [0.05, 0.1) is 0 Å². The summed E-state index contributed by atoms with van der Waals surface area (Å²) in [6.07, 6.45) is 5.76. The van der Waals surface area contributed by atoms with E-state index in [1.165, 1.54) is 4.88 Å². The lowest BCUT2D eigenvalue weighted by molar-refractivity contribution is 0.897. The first-order valence-electron chi connectivity index (χ1n) is 3.96. The Morgan fingerprint density at radius 2 is 2.42 bits per heavy atom. The Balaban J connectivity index is 1.91. The first-order chi connectivity index (χ1) is 5.95. The average Bonchev–Trinajstić information content (AvgIpc) is 2.74. The van der Waals surface area contributed by atoms with E-state index < -0.39 is 0 Å². The molecule has 0 radical (unpaired) electrons. The van der Waals surface area contributed by atoms with Crippen molar-refractivity contribution in [3.8, 4) is 0 Å². The van der Waals surface area contributed by atoms with Gasteiger partial charge < -0.3 is 4.98 Å². The quantitative estimate of drug-likeness (QED) is 0.767. The molecule has 0 aromatic carbocycles. The van der Waals surface area contributed by atoms with Gasteiger partial charge in [-0.3, -0.25) is 0 Å². The number of nitrogens with zero attached hydrogens (tertiary/aromatic N) is 1. The van der Waals surface area contributed by atoms with E-state index in [0.717, 1.165) is 18.7 Å². The third-order valence-corrected chi connectivity index (χ3v) is 2.68. The standard InChI is InChI=1S/C9H10N2S/c1-2-8(12-7-1)3-4-9-10-5-6-11-9/h1-2,5-7H,3-4H2,(H,10,11). The van der Waals surface area contributed by atoms with Crippen molar-refractivity contribution in [2.24, 2.45) is 0 Å². The third-order valence-electron chi connectivity index (χ3n) is 1.74. The maximum absolute atomic E-state index is 4.16. The summed E-state index contributed by atoms with van der Waals surface area (Å²) in [5, 5.41) is 2.11. The van der Waals surface area contributed by atoms with Crippen LogP contribution in [0.5, 0.6) is 0 Å². The molecule has 2 aromatic heterocycles. The molecule has 2 aromatic rings. The van der Waals surface area contributed by atoms with Gasteiger partial charge >= 0.3 is 0 Å². The summed E-state index contributed by atoms with van der Waals surface area (Å²) in [6, 6.07) is 4.25. The Labute approximate surface area is 75.3 Å². The molecule has 0 amide bonds. The molecule has 0 spiro atoms. The zero-order valence-electron chi connectivity index (χ0n) is 6.66. The van der Waals surface area contributed by atoms with Gasteiger partial charge in [-0.25, -0.2) is 4.98 Å². The lowest BCUT2D eigenvalue weighted by atomic mass is 10.2. The molecule has 0 fully saturated rings. The van der Waals surface area contributed by atoms with Crippen molar-refractivity contribution < 1.29 is 0 Å². The van der Waals surface area contributed by atoms with Crippen molar-refractivity contribution in [2.45, 2.75) is 12.8 Å². The summed E-state index contributed by atoms with van der Waals surface area (Å²) in [5.41, 5.74) is 0. The topological polar surface area (TPSA) is 28.7 Å². The molecule has 0 atom stereocenters. The van der Waals surface area contributed by atoms with Crippen molar-refractivity contribution in [3.05, 3.63) is 40.6 Å².